The third-order valence-corrected chi connectivity index (χ3v) is 4.20. The average molecular weight is 240 g/mol. The zero-order chi connectivity index (χ0) is 12.4. The summed E-state index contributed by atoms with van der Waals surface area (Å²) < 4.78 is 0. The fourth-order valence-corrected chi connectivity index (χ4v) is 3.14. The number of hydrogen-bond acceptors (Lipinski definition) is 2. The maximum Gasteiger partial charge on any atom is 0.0343 e. The highest BCUT2D eigenvalue weighted by Crippen LogP contribution is 2.34. The second-order valence-corrected chi connectivity index (χ2v) is 5.34. The lowest BCUT2D eigenvalue weighted by Crippen LogP contribution is -2.42. The van der Waals surface area contributed by atoms with E-state index in [1.807, 2.05) is 18.5 Å². The molecule has 1 aromatic heterocycles. The molecule has 1 aromatic rings. The van der Waals surface area contributed by atoms with Gasteiger partial charge in [0.25, 0.3) is 0 Å². The van der Waals surface area contributed by atoms with Gasteiger partial charge in [0.2, 0.25) is 0 Å². The largest absolute Gasteiger partial charge is 0.313 e. The molecule has 0 bridgehead atoms. The van der Waals surface area contributed by atoms with Crippen molar-refractivity contribution in [2.75, 3.05) is 6.54 Å². The number of nitrogens with zero attached hydrogens (tertiary/aromatic N) is 1. The number of fused-ring (bicyclic) bond motifs is 1. The van der Waals surface area contributed by atoms with E-state index >= 15 is 0 Å². The number of hydrogen-bond donors (Lipinski definition) is 1. The highest BCUT2D eigenvalue weighted by Gasteiger charge is 2.28. The molecule has 0 aromatic carbocycles. The number of pyridine rings is 1. The van der Waals surface area contributed by atoms with Crippen LogP contribution in [0.5, 0.6) is 0 Å². The molecule has 1 aliphatic carbocycles. The van der Waals surface area contributed by atoms with E-state index in [1.54, 1.807) is 0 Å². The van der Waals surface area contributed by atoms with Gasteiger partial charge >= 0.3 is 0 Å². The molecule has 1 N–H and O–H groups in total. The van der Waals surface area contributed by atoms with E-state index in [0.29, 0.717) is 6.04 Å². The highest BCUT2D eigenvalue weighted by molar-refractivity contribution is 5.68. The van der Waals surface area contributed by atoms with Crippen molar-refractivity contribution in [1.82, 2.24) is 10.3 Å². The molecule has 94 valence electrons. The normalized spacial score (nSPS) is 27.2. The number of aromatic nitrogens is 1. The van der Waals surface area contributed by atoms with Crippen molar-refractivity contribution >= 4 is 11.6 Å². The lowest BCUT2D eigenvalue weighted by Gasteiger charge is -2.36. The Bertz CT molecular complexity index is 476. The van der Waals surface area contributed by atoms with Crippen LogP contribution in [0.25, 0.3) is 11.6 Å². The molecule has 3 rings (SSSR count). The number of rotatable bonds is 2. The maximum atomic E-state index is 4.30. The van der Waals surface area contributed by atoms with Crippen molar-refractivity contribution in [1.29, 1.82) is 0 Å². The minimum atomic E-state index is 0.672. The first-order chi connectivity index (χ1) is 8.86. The van der Waals surface area contributed by atoms with E-state index in [9.17, 15) is 0 Å². The Morgan fingerprint density at radius 3 is 3.22 bits per heavy atom. The smallest absolute Gasteiger partial charge is 0.0343 e. The van der Waals surface area contributed by atoms with Gasteiger partial charge in [0.05, 0.1) is 0 Å². The predicted molar refractivity (Wildman–Crippen MR) is 76.1 cm³/mol. The lowest BCUT2D eigenvalue weighted by molar-refractivity contribution is 0.278. The van der Waals surface area contributed by atoms with Crippen molar-refractivity contribution in [3.8, 4) is 0 Å². The van der Waals surface area contributed by atoms with Crippen LogP contribution in [0.4, 0.5) is 0 Å². The van der Waals surface area contributed by atoms with Gasteiger partial charge in [0, 0.05) is 18.4 Å². The van der Waals surface area contributed by atoms with Crippen LogP contribution in [0.1, 0.15) is 36.8 Å². The van der Waals surface area contributed by atoms with Crippen molar-refractivity contribution < 1.29 is 0 Å². The van der Waals surface area contributed by atoms with Gasteiger partial charge in [-0.25, -0.2) is 0 Å². The first-order valence-corrected chi connectivity index (χ1v) is 6.87. The average Bonchev–Trinajstić information content (AvgIpc) is 2.47. The molecule has 1 aliphatic heterocycles. The third kappa shape index (κ3) is 2.25. The summed E-state index contributed by atoms with van der Waals surface area (Å²) in [5.41, 5.74) is 3.81. The van der Waals surface area contributed by atoms with Gasteiger partial charge < -0.3 is 5.32 Å². The number of allylic oxidation sites excluding steroid dienone is 1. The van der Waals surface area contributed by atoms with Gasteiger partial charge in [0.15, 0.2) is 0 Å². The fraction of sp³-hybridized carbons (Fsp3) is 0.438. The molecule has 2 atom stereocenters. The summed E-state index contributed by atoms with van der Waals surface area (Å²) in [6, 6.07) is 2.86. The Balaban J connectivity index is 1.83. The summed E-state index contributed by atoms with van der Waals surface area (Å²) in [7, 11) is 0. The van der Waals surface area contributed by atoms with Crippen LogP contribution in [0, 0.1) is 5.92 Å². The third-order valence-electron chi connectivity index (χ3n) is 4.20. The number of nitrogens with one attached hydrogen (secondary N) is 1. The van der Waals surface area contributed by atoms with Crippen LogP contribution in [-0.4, -0.2) is 17.6 Å². The summed E-state index contributed by atoms with van der Waals surface area (Å²) in [6.45, 7) is 4.99. The van der Waals surface area contributed by atoms with E-state index in [0.717, 1.165) is 17.9 Å². The van der Waals surface area contributed by atoms with E-state index in [-0.39, 0.29) is 0 Å². The van der Waals surface area contributed by atoms with Gasteiger partial charge in [-0.2, -0.15) is 0 Å². The molecule has 0 amide bonds. The van der Waals surface area contributed by atoms with Crippen molar-refractivity contribution in [2.45, 2.75) is 31.7 Å². The predicted octanol–water partition coefficient (Wildman–Crippen LogP) is 3.27. The molecule has 1 saturated heterocycles. The Kier molecular flexibility index (Phi) is 3.28. The van der Waals surface area contributed by atoms with Crippen molar-refractivity contribution in [3.63, 3.8) is 0 Å². The molecule has 2 heterocycles. The molecular weight excluding hydrogens is 220 g/mol. The van der Waals surface area contributed by atoms with Gasteiger partial charge in [-0.3, -0.25) is 4.98 Å². The van der Waals surface area contributed by atoms with Crippen molar-refractivity contribution in [3.05, 3.63) is 42.2 Å². The zero-order valence-electron chi connectivity index (χ0n) is 10.7. The fourth-order valence-electron chi connectivity index (χ4n) is 3.14. The van der Waals surface area contributed by atoms with E-state index < -0.39 is 0 Å². The molecule has 2 heteroatoms. The Morgan fingerprint density at radius 1 is 1.39 bits per heavy atom. The van der Waals surface area contributed by atoms with Crippen LogP contribution in [0.15, 0.2) is 31.1 Å². The summed E-state index contributed by atoms with van der Waals surface area (Å²) in [5, 5.41) is 3.67. The molecule has 1 fully saturated rings. The van der Waals surface area contributed by atoms with Crippen LogP contribution < -0.4 is 5.32 Å². The molecule has 0 saturated carbocycles. The molecule has 18 heavy (non-hydrogen) atoms. The number of piperidine rings is 1. The second kappa shape index (κ2) is 5.07. The van der Waals surface area contributed by atoms with Crippen LogP contribution in [0.2, 0.25) is 0 Å². The Hall–Kier alpha value is -1.41. The SMILES string of the molecule is C=Cc1cncc(C2=CC[C@H]3CCCN[C@H]3C2)c1. The highest BCUT2D eigenvalue weighted by atomic mass is 14.9. The molecule has 0 unspecified atom stereocenters. The van der Waals surface area contributed by atoms with Crippen molar-refractivity contribution in [2.24, 2.45) is 5.92 Å². The Morgan fingerprint density at radius 2 is 2.33 bits per heavy atom. The quantitative estimate of drug-likeness (QED) is 0.858. The van der Waals surface area contributed by atoms with E-state index in [1.165, 1.54) is 36.9 Å². The lowest BCUT2D eigenvalue weighted by atomic mass is 9.78. The van der Waals surface area contributed by atoms with Gasteiger partial charge in [-0.1, -0.05) is 18.7 Å². The van der Waals surface area contributed by atoms with Gasteiger partial charge in [-0.05, 0) is 60.9 Å². The van der Waals surface area contributed by atoms with Gasteiger partial charge in [-0.15, -0.1) is 0 Å². The molecule has 2 nitrogen and oxygen atoms in total. The first kappa shape index (κ1) is 11.7. The van der Waals surface area contributed by atoms with E-state index in [2.05, 4.69) is 29.0 Å². The topological polar surface area (TPSA) is 24.9 Å². The summed E-state index contributed by atoms with van der Waals surface area (Å²) in [5.74, 6) is 0.845. The molecule has 0 spiro atoms. The maximum absolute atomic E-state index is 4.30. The zero-order valence-corrected chi connectivity index (χ0v) is 10.7. The van der Waals surface area contributed by atoms with E-state index in [4.69, 9.17) is 0 Å². The minimum Gasteiger partial charge on any atom is -0.313 e. The molecule has 2 aliphatic rings. The minimum absolute atomic E-state index is 0.672. The molecule has 0 radical (unpaired) electrons. The standard InChI is InChI=1S/C16H20N2/c1-2-12-8-15(11-17-10-12)14-6-5-13-4-3-7-18-16(13)9-14/h2,6,8,10-11,13,16,18H,1,3-5,7,9H2/t13-,16+/m1/s1. The summed E-state index contributed by atoms with van der Waals surface area (Å²) >= 11 is 0. The molecular formula is C16H20N2. The second-order valence-electron chi connectivity index (χ2n) is 5.34. The van der Waals surface area contributed by atoms with Crippen LogP contribution in [0.3, 0.4) is 0 Å². The first-order valence-electron chi connectivity index (χ1n) is 6.87. The summed E-state index contributed by atoms with van der Waals surface area (Å²) in [6.07, 6.45) is 13.2. The van der Waals surface area contributed by atoms with Crippen LogP contribution in [-0.2, 0) is 0 Å². The Labute approximate surface area is 109 Å². The van der Waals surface area contributed by atoms with Crippen LogP contribution >= 0.6 is 0 Å². The van der Waals surface area contributed by atoms with Gasteiger partial charge in [0.1, 0.15) is 0 Å². The monoisotopic (exact) mass is 240 g/mol. The summed E-state index contributed by atoms with van der Waals surface area (Å²) in [4.78, 5) is 4.30.